The molecule has 3 aromatic carbocycles. The average molecular weight is 480 g/mol. The van der Waals surface area contributed by atoms with E-state index in [9.17, 15) is 4.79 Å². The first kappa shape index (κ1) is 23.6. The first-order valence-electron chi connectivity index (χ1n) is 11.0. The van der Waals surface area contributed by atoms with Crippen molar-refractivity contribution in [3.8, 4) is 22.9 Å². The van der Waals surface area contributed by atoms with Crippen molar-refractivity contribution in [3.63, 3.8) is 0 Å². The van der Waals surface area contributed by atoms with E-state index in [2.05, 4.69) is 15.3 Å². The number of nitrogens with one attached hydrogen (secondary N) is 2. The molecule has 0 unspecified atom stereocenters. The Kier molecular flexibility index (Phi) is 7.35. The third-order valence-corrected chi connectivity index (χ3v) is 5.48. The average Bonchev–Trinajstić information content (AvgIpc) is 3.26. The van der Waals surface area contributed by atoms with Gasteiger partial charge in [-0.2, -0.15) is 0 Å². The molecule has 0 saturated heterocycles. The summed E-state index contributed by atoms with van der Waals surface area (Å²) in [5.74, 6) is 1.42. The second kappa shape index (κ2) is 10.6. The van der Waals surface area contributed by atoms with E-state index in [1.54, 1.807) is 37.4 Å². The van der Waals surface area contributed by atoms with E-state index < -0.39 is 0 Å². The van der Waals surface area contributed by atoms with Gasteiger partial charge in [0.1, 0.15) is 5.82 Å². The second-order valence-electron chi connectivity index (χ2n) is 7.51. The van der Waals surface area contributed by atoms with Crippen molar-refractivity contribution in [1.29, 1.82) is 0 Å². The van der Waals surface area contributed by atoms with Crippen molar-refractivity contribution in [3.05, 3.63) is 70.7 Å². The van der Waals surface area contributed by atoms with Gasteiger partial charge in [-0.1, -0.05) is 23.7 Å². The van der Waals surface area contributed by atoms with Gasteiger partial charge in [-0.25, -0.2) is 4.98 Å². The fourth-order valence-electron chi connectivity index (χ4n) is 3.69. The number of amides is 1. The second-order valence-corrected chi connectivity index (χ2v) is 7.92. The van der Waals surface area contributed by atoms with Crippen LogP contribution in [0.25, 0.3) is 22.4 Å². The number of carbonyl (C=O) groups is 1. The molecular weight excluding hydrogens is 454 g/mol. The Morgan fingerprint density at radius 1 is 1.06 bits per heavy atom. The van der Waals surface area contributed by atoms with Crippen LogP contribution in [0.5, 0.6) is 11.5 Å². The van der Waals surface area contributed by atoms with E-state index in [4.69, 9.17) is 25.8 Å². The number of nitrogens with zero attached hydrogens (tertiary/aromatic N) is 1. The van der Waals surface area contributed by atoms with E-state index in [-0.39, 0.29) is 12.5 Å². The zero-order chi connectivity index (χ0) is 24.1. The number of imidazole rings is 1. The molecule has 0 aliphatic carbocycles. The number of ether oxygens (including phenoxy) is 3. The first-order chi connectivity index (χ1) is 16.5. The molecule has 176 valence electrons. The van der Waals surface area contributed by atoms with Crippen molar-refractivity contribution in [2.24, 2.45) is 0 Å². The fraction of sp³-hybridized carbons (Fsp3) is 0.231. The lowest BCUT2D eigenvalue weighted by atomic mass is 10.1. The van der Waals surface area contributed by atoms with Crippen molar-refractivity contribution < 1.29 is 19.0 Å². The summed E-state index contributed by atoms with van der Waals surface area (Å²) in [4.78, 5) is 21.1. The zero-order valence-electron chi connectivity index (χ0n) is 19.3. The van der Waals surface area contributed by atoms with Crippen LogP contribution in [0.2, 0.25) is 5.02 Å². The van der Waals surface area contributed by atoms with E-state index in [1.807, 2.05) is 38.1 Å². The molecule has 0 fully saturated rings. The lowest BCUT2D eigenvalue weighted by Gasteiger charge is -2.17. The monoisotopic (exact) mass is 479 g/mol. The lowest BCUT2D eigenvalue weighted by Crippen LogP contribution is -2.14. The quantitative estimate of drug-likeness (QED) is 0.304. The standard InChI is InChI=1S/C26H26ClN3O4/c1-4-33-23-13-16(12-17(15-32-3)24(23)34-5-2)26(31)28-18-10-11-20(27)19(14-18)25-29-21-8-6-7-9-22(21)30-25/h6-14H,4-5,15H2,1-3H3,(H,28,31)(H,29,30). The highest BCUT2D eigenvalue weighted by Gasteiger charge is 2.18. The van der Waals surface area contributed by atoms with Gasteiger partial charge in [-0.15, -0.1) is 0 Å². The molecule has 4 aromatic rings. The number of carbonyl (C=O) groups excluding carboxylic acids is 1. The predicted molar refractivity (Wildman–Crippen MR) is 134 cm³/mol. The molecule has 0 spiro atoms. The molecule has 8 heteroatoms. The molecule has 0 aliphatic rings. The van der Waals surface area contributed by atoms with Gasteiger partial charge in [-0.05, 0) is 56.3 Å². The molecule has 2 N–H and O–H groups in total. The largest absolute Gasteiger partial charge is 0.490 e. The number of methoxy groups -OCH3 is 1. The van der Waals surface area contributed by atoms with Crippen LogP contribution >= 0.6 is 11.6 Å². The van der Waals surface area contributed by atoms with Crippen LogP contribution in [0.4, 0.5) is 5.69 Å². The van der Waals surface area contributed by atoms with Gasteiger partial charge in [0, 0.05) is 29.5 Å². The van der Waals surface area contributed by atoms with Gasteiger partial charge >= 0.3 is 0 Å². The molecule has 1 aromatic heterocycles. The van der Waals surface area contributed by atoms with Gasteiger partial charge in [-0.3, -0.25) is 4.79 Å². The number of aromatic nitrogens is 2. The summed E-state index contributed by atoms with van der Waals surface area (Å²) in [5.41, 5.74) is 4.19. The Bertz CT molecular complexity index is 1260. The van der Waals surface area contributed by atoms with E-state index in [0.717, 1.165) is 16.6 Å². The van der Waals surface area contributed by atoms with Gasteiger partial charge in [0.15, 0.2) is 11.5 Å². The SMILES string of the molecule is CCOc1cc(C(=O)Nc2ccc(Cl)c(-c3nc4ccccc4[nH]3)c2)cc(COC)c1OCC. The lowest BCUT2D eigenvalue weighted by molar-refractivity contribution is 0.102. The molecule has 1 amide bonds. The number of hydrogen-bond donors (Lipinski definition) is 2. The Balaban J connectivity index is 1.65. The Morgan fingerprint density at radius 3 is 2.59 bits per heavy atom. The van der Waals surface area contributed by atoms with Crippen LogP contribution in [0.3, 0.4) is 0 Å². The van der Waals surface area contributed by atoms with Crippen LogP contribution in [0.1, 0.15) is 29.8 Å². The maximum absolute atomic E-state index is 13.2. The number of aromatic amines is 1. The minimum absolute atomic E-state index is 0.285. The summed E-state index contributed by atoms with van der Waals surface area (Å²) in [7, 11) is 1.59. The van der Waals surface area contributed by atoms with E-state index in [1.165, 1.54) is 0 Å². The summed E-state index contributed by atoms with van der Waals surface area (Å²) < 4.78 is 16.8. The van der Waals surface area contributed by atoms with Crippen LogP contribution < -0.4 is 14.8 Å². The summed E-state index contributed by atoms with van der Waals surface area (Å²) in [6, 6.07) is 16.5. The number of para-hydroxylation sites is 2. The summed E-state index contributed by atoms with van der Waals surface area (Å²) >= 11 is 6.45. The van der Waals surface area contributed by atoms with Gasteiger partial charge in [0.05, 0.1) is 35.9 Å². The van der Waals surface area contributed by atoms with Crippen LogP contribution in [-0.2, 0) is 11.3 Å². The smallest absolute Gasteiger partial charge is 0.255 e. The molecule has 0 bridgehead atoms. The van der Waals surface area contributed by atoms with Crippen LogP contribution in [0.15, 0.2) is 54.6 Å². The maximum Gasteiger partial charge on any atom is 0.255 e. The molecular formula is C26H26ClN3O4. The molecule has 0 atom stereocenters. The number of halogens is 1. The summed E-state index contributed by atoms with van der Waals surface area (Å²) in [6.45, 7) is 4.97. The third kappa shape index (κ3) is 5.00. The number of rotatable bonds is 9. The normalized spacial score (nSPS) is 10.9. The van der Waals surface area contributed by atoms with Crippen molar-refractivity contribution >= 4 is 34.2 Å². The van der Waals surface area contributed by atoms with Crippen molar-refractivity contribution in [1.82, 2.24) is 9.97 Å². The van der Waals surface area contributed by atoms with Crippen LogP contribution in [0, 0.1) is 0 Å². The Labute approximate surface area is 203 Å². The fourth-order valence-corrected chi connectivity index (χ4v) is 3.90. The molecule has 34 heavy (non-hydrogen) atoms. The molecule has 1 heterocycles. The number of fused-ring (bicyclic) bond motifs is 1. The molecule has 7 nitrogen and oxygen atoms in total. The van der Waals surface area contributed by atoms with Gasteiger partial charge in [0.2, 0.25) is 0 Å². The number of benzene rings is 3. The molecule has 0 saturated carbocycles. The van der Waals surface area contributed by atoms with Gasteiger partial charge in [0.25, 0.3) is 5.91 Å². The number of anilines is 1. The van der Waals surface area contributed by atoms with Crippen molar-refractivity contribution in [2.75, 3.05) is 25.6 Å². The topological polar surface area (TPSA) is 85.5 Å². The van der Waals surface area contributed by atoms with E-state index >= 15 is 0 Å². The highest BCUT2D eigenvalue weighted by molar-refractivity contribution is 6.33. The summed E-state index contributed by atoms with van der Waals surface area (Å²) in [5, 5.41) is 3.47. The van der Waals surface area contributed by atoms with Crippen LogP contribution in [-0.4, -0.2) is 36.2 Å². The third-order valence-electron chi connectivity index (χ3n) is 5.15. The molecule has 0 radical (unpaired) electrons. The maximum atomic E-state index is 13.2. The minimum atomic E-state index is -0.292. The molecule has 0 aliphatic heterocycles. The van der Waals surface area contributed by atoms with Gasteiger partial charge < -0.3 is 24.5 Å². The highest BCUT2D eigenvalue weighted by atomic mass is 35.5. The summed E-state index contributed by atoms with van der Waals surface area (Å²) in [6.07, 6.45) is 0. The zero-order valence-corrected chi connectivity index (χ0v) is 20.0. The first-order valence-corrected chi connectivity index (χ1v) is 11.4. The number of H-pyrrole nitrogens is 1. The molecule has 4 rings (SSSR count). The van der Waals surface area contributed by atoms with E-state index in [0.29, 0.717) is 52.4 Å². The highest BCUT2D eigenvalue weighted by Crippen LogP contribution is 2.35. The Morgan fingerprint density at radius 2 is 1.85 bits per heavy atom. The minimum Gasteiger partial charge on any atom is -0.490 e. The predicted octanol–water partition coefficient (Wildman–Crippen LogP) is 6.08. The Hall–Kier alpha value is -3.55. The number of hydrogen-bond acceptors (Lipinski definition) is 5. The van der Waals surface area contributed by atoms with Crippen molar-refractivity contribution in [2.45, 2.75) is 20.5 Å².